The molecular weight excluding hydrogens is 298 g/mol. The van der Waals surface area contributed by atoms with Crippen LogP contribution in [0.25, 0.3) is 5.57 Å². The van der Waals surface area contributed by atoms with Gasteiger partial charge in [0.2, 0.25) is 0 Å². The first-order valence-electron chi connectivity index (χ1n) is 7.62. The number of carbonyl (C=O) groups is 2. The first kappa shape index (κ1) is 15.3. The lowest BCUT2D eigenvalue weighted by molar-refractivity contribution is -0.138. The number of carbonyl (C=O) groups excluding carboxylic acids is 2. The van der Waals surface area contributed by atoms with E-state index in [-0.39, 0.29) is 17.9 Å². The highest BCUT2D eigenvalue weighted by Gasteiger charge is 2.40. The van der Waals surface area contributed by atoms with Crippen LogP contribution in [0.15, 0.2) is 35.2 Å². The molecule has 1 aromatic carbocycles. The first-order chi connectivity index (χ1) is 10.7. The summed E-state index contributed by atoms with van der Waals surface area (Å²) >= 11 is 1.44. The lowest BCUT2D eigenvalue weighted by Crippen LogP contribution is -2.37. The van der Waals surface area contributed by atoms with Crippen molar-refractivity contribution in [1.82, 2.24) is 4.90 Å². The van der Waals surface area contributed by atoms with Gasteiger partial charge in [-0.2, -0.15) is 0 Å². The predicted molar refractivity (Wildman–Crippen MR) is 87.2 cm³/mol. The van der Waals surface area contributed by atoms with Crippen molar-refractivity contribution in [2.24, 2.45) is 0 Å². The zero-order valence-electron chi connectivity index (χ0n) is 12.6. The Hall–Kier alpha value is -1.59. The Bertz CT molecular complexity index is 606. The van der Waals surface area contributed by atoms with Crippen LogP contribution in [0.1, 0.15) is 25.3 Å². The van der Waals surface area contributed by atoms with E-state index >= 15 is 0 Å². The van der Waals surface area contributed by atoms with Crippen LogP contribution >= 0.6 is 11.8 Å². The molecule has 5 heteroatoms. The highest BCUT2D eigenvalue weighted by molar-refractivity contribution is 8.04. The molecule has 0 aromatic heterocycles. The molecule has 0 aliphatic carbocycles. The minimum atomic E-state index is -0.192. The first-order valence-corrected chi connectivity index (χ1v) is 8.61. The van der Waals surface area contributed by atoms with Gasteiger partial charge in [-0.25, -0.2) is 0 Å². The fraction of sp³-hybridized carbons (Fsp3) is 0.412. The molecule has 0 bridgehead atoms. The van der Waals surface area contributed by atoms with Gasteiger partial charge in [0, 0.05) is 6.61 Å². The van der Waals surface area contributed by atoms with Gasteiger partial charge in [-0.15, -0.1) is 11.8 Å². The number of hydrogen-bond donors (Lipinski definition) is 0. The molecule has 0 spiro atoms. The molecule has 1 fully saturated rings. The Morgan fingerprint density at radius 2 is 2.00 bits per heavy atom. The summed E-state index contributed by atoms with van der Waals surface area (Å²) in [7, 11) is 0. The van der Waals surface area contributed by atoms with Gasteiger partial charge in [0.1, 0.15) is 0 Å². The summed E-state index contributed by atoms with van der Waals surface area (Å²) in [5.74, 6) is 0.396. The molecular formula is C17H19NO3S. The van der Waals surface area contributed by atoms with Crippen LogP contribution in [0.2, 0.25) is 0 Å². The van der Waals surface area contributed by atoms with Gasteiger partial charge >= 0.3 is 0 Å². The number of amides is 2. The van der Waals surface area contributed by atoms with E-state index in [1.807, 2.05) is 37.3 Å². The third-order valence-corrected chi connectivity index (χ3v) is 4.84. The summed E-state index contributed by atoms with van der Waals surface area (Å²) in [5, 5.41) is 0. The molecule has 2 aliphatic rings. The number of rotatable bonds is 5. The highest BCUT2D eigenvalue weighted by Crippen LogP contribution is 2.36. The van der Waals surface area contributed by atoms with E-state index in [2.05, 4.69) is 0 Å². The van der Waals surface area contributed by atoms with Crippen molar-refractivity contribution in [2.45, 2.75) is 25.9 Å². The minimum Gasteiger partial charge on any atom is -0.376 e. The lowest BCUT2D eigenvalue weighted by Gasteiger charge is -2.19. The predicted octanol–water partition coefficient (Wildman–Crippen LogP) is 2.70. The average molecular weight is 317 g/mol. The van der Waals surface area contributed by atoms with Crippen molar-refractivity contribution < 1.29 is 14.3 Å². The van der Waals surface area contributed by atoms with Crippen molar-refractivity contribution >= 4 is 29.1 Å². The largest absolute Gasteiger partial charge is 0.376 e. The van der Waals surface area contributed by atoms with E-state index in [4.69, 9.17) is 4.74 Å². The third-order valence-electron chi connectivity index (χ3n) is 3.89. The summed E-state index contributed by atoms with van der Waals surface area (Å²) in [5.41, 5.74) is 1.35. The van der Waals surface area contributed by atoms with E-state index < -0.39 is 0 Å². The lowest BCUT2D eigenvalue weighted by atomic mass is 10.1. The van der Waals surface area contributed by atoms with Gasteiger partial charge in [-0.3, -0.25) is 14.5 Å². The molecule has 2 amide bonds. The van der Waals surface area contributed by atoms with Crippen molar-refractivity contribution in [2.75, 3.05) is 18.9 Å². The maximum atomic E-state index is 12.8. The van der Waals surface area contributed by atoms with Crippen molar-refractivity contribution in [3.63, 3.8) is 0 Å². The minimum absolute atomic E-state index is 0.0177. The summed E-state index contributed by atoms with van der Waals surface area (Å²) in [6.07, 6.45) is 1.89. The van der Waals surface area contributed by atoms with Crippen LogP contribution in [-0.2, 0) is 14.3 Å². The van der Waals surface area contributed by atoms with E-state index in [1.54, 1.807) is 0 Å². The van der Waals surface area contributed by atoms with Crippen LogP contribution in [0.3, 0.4) is 0 Å². The van der Waals surface area contributed by atoms with E-state index in [0.29, 0.717) is 17.0 Å². The van der Waals surface area contributed by atoms with Crippen LogP contribution in [0, 0.1) is 0 Å². The standard InChI is InChI=1S/C17H19NO3S/c1-2-22-15-14(12-7-4-3-5-8-12)16(19)18(17(15)20)11-13-9-6-10-21-13/h3-5,7-8,13H,2,6,9-11H2,1H3. The molecule has 3 rings (SSSR count). The highest BCUT2D eigenvalue weighted by atomic mass is 32.2. The van der Waals surface area contributed by atoms with Crippen LogP contribution in [0.5, 0.6) is 0 Å². The molecule has 1 saturated heterocycles. The second-order valence-electron chi connectivity index (χ2n) is 5.36. The average Bonchev–Trinajstić information content (AvgIpc) is 3.12. The molecule has 1 unspecified atom stereocenters. The summed E-state index contributed by atoms with van der Waals surface area (Å²) in [6, 6.07) is 9.44. The van der Waals surface area contributed by atoms with E-state index in [1.165, 1.54) is 16.7 Å². The SMILES string of the molecule is CCSC1=C(c2ccccc2)C(=O)N(CC2CCCO2)C1=O. The van der Waals surface area contributed by atoms with Crippen molar-refractivity contribution in [1.29, 1.82) is 0 Å². The third kappa shape index (κ3) is 2.83. The Morgan fingerprint density at radius 3 is 2.64 bits per heavy atom. The summed E-state index contributed by atoms with van der Waals surface area (Å²) in [6.45, 7) is 3.07. The number of thioether (sulfide) groups is 1. The number of hydrogen-bond acceptors (Lipinski definition) is 4. The van der Waals surface area contributed by atoms with Gasteiger partial charge < -0.3 is 4.74 Å². The maximum Gasteiger partial charge on any atom is 0.268 e. The Labute approximate surface area is 134 Å². The fourth-order valence-corrected chi connectivity index (χ4v) is 3.72. The van der Waals surface area contributed by atoms with Gasteiger partial charge in [-0.05, 0) is 24.2 Å². The van der Waals surface area contributed by atoms with Crippen molar-refractivity contribution in [3.8, 4) is 0 Å². The van der Waals surface area contributed by atoms with Crippen LogP contribution in [-0.4, -0.2) is 41.7 Å². The van der Waals surface area contributed by atoms with Gasteiger partial charge in [-0.1, -0.05) is 37.3 Å². The summed E-state index contributed by atoms with van der Waals surface area (Å²) < 4.78 is 5.58. The van der Waals surface area contributed by atoms with E-state index in [0.717, 1.165) is 30.8 Å². The molecule has 116 valence electrons. The van der Waals surface area contributed by atoms with Crippen LogP contribution < -0.4 is 0 Å². The second-order valence-corrected chi connectivity index (χ2v) is 6.63. The zero-order valence-corrected chi connectivity index (χ0v) is 13.4. The number of nitrogens with zero attached hydrogens (tertiary/aromatic N) is 1. The number of ether oxygens (including phenoxy) is 1. The van der Waals surface area contributed by atoms with Gasteiger partial charge in [0.15, 0.2) is 0 Å². The topological polar surface area (TPSA) is 46.6 Å². The van der Waals surface area contributed by atoms with Gasteiger partial charge in [0.25, 0.3) is 11.8 Å². The Morgan fingerprint density at radius 1 is 1.23 bits per heavy atom. The molecule has 22 heavy (non-hydrogen) atoms. The van der Waals surface area contributed by atoms with Crippen LogP contribution in [0.4, 0.5) is 0 Å². The fourth-order valence-electron chi connectivity index (χ4n) is 2.85. The molecule has 0 radical (unpaired) electrons. The van der Waals surface area contributed by atoms with Gasteiger partial charge in [0.05, 0.1) is 23.1 Å². The smallest absolute Gasteiger partial charge is 0.268 e. The molecule has 2 heterocycles. The monoisotopic (exact) mass is 317 g/mol. The zero-order chi connectivity index (χ0) is 15.5. The molecule has 0 saturated carbocycles. The quantitative estimate of drug-likeness (QED) is 0.783. The molecule has 1 aromatic rings. The Balaban J connectivity index is 1.90. The Kier molecular flexibility index (Phi) is 4.64. The maximum absolute atomic E-state index is 12.8. The summed E-state index contributed by atoms with van der Waals surface area (Å²) in [4.78, 5) is 27.3. The molecule has 4 nitrogen and oxygen atoms in total. The second kappa shape index (κ2) is 6.67. The molecule has 2 aliphatic heterocycles. The number of benzene rings is 1. The number of imide groups is 1. The van der Waals surface area contributed by atoms with Crippen molar-refractivity contribution in [3.05, 3.63) is 40.8 Å². The molecule has 0 N–H and O–H groups in total. The normalized spacial score (nSPS) is 22.0. The molecule has 1 atom stereocenters. The van der Waals surface area contributed by atoms with E-state index in [9.17, 15) is 9.59 Å².